The number of nitrogens with one attached hydrogen (secondary N) is 1. The van der Waals surface area contributed by atoms with Crippen molar-refractivity contribution < 1.29 is 0 Å². The summed E-state index contributed by atoms with van der Waals surface area (Å²) < 4.78 is 2.69. The third-order valence-electron chi connectivity index (χ3n) is 2.82. The second-order valence-electron chi connectivity index (χ2n) is 4.36. The number of aromatic nitrogens is 3. The average Bonchev–Trinajstić information content (AvgIpc) is 2.75. The quantitative estimate of drug-likeness (QED) is 0.832. The van der Waals surface area contributed by atoms with Crippen molar-refractivity contribution in [1.29, 1.82) is 0 Å². The molecule has 20 heavy (non-hydrogen) atoms. The number of halogens is 1. The Bertz CT molecular complexity index is 638. The molecule has 0 fully saturated rings. The van der Waals surface area contributed by atoms with Crippen LogP contribution in [0.4, 0.5) is 0 Å². The molecule has 1 heterocycles. The summed E-state index contributed by atoms with van der Waals surface area (Å²) in [6.45, 7) is 3.33. The lowest BCUT2D eigenvalue weighted by atomic mass is 10.1. The van der Waals surface area contributed by atoms with Gasteiger partial charge in [0.1, 0.15) is 0 Å². The maximum atomic E-state index is 11.6. The van der Waals surface area contributed by atoms with Gasteiger partial charge in [0.05, 0.1) is 0 Å². The van der Waals surface area contributed by atoms with Gasteiger partial charge in [-0.1, -0.05) is 28.9 Å². The van der Waals surface area contributed by atoms with E-state index in [0.717, 1.165) is 22.2 Å². The van der Waals surface area contributed by atoms with E-state index in [4.69, 9.17) is 5.73 Å². The van der Waals surface area contributed by atoms with Crippen molar-refractivity contribution in [2.75, 3.05) is 6.54 Å². The highest BCUT2D eigenvalue weighted by molar-refractivity contribution is 9.10. The number of aromatic amines is 1. The lowest BCUT2D eigenvalue weighted by Gasteiger charge is -2.07. The van der Waals surface area contributed by atoms with Crippen LogP contribution >= 0.6 is 27.7 Å². The number of hydrogen-bond acceptors (Lipinski definition) is 4. The maximum absolute atomic E-state index is 11.6. The summed E-state index contributed by atoms with van der Waals surface area (Å²) in [6, 6.07) is 6.11. The molecule has 0 radical (unpaired) electrons. The first-order valence-corrected chi connectivity index (χ1v) is 8.08. The largest absolute Gasteiger partial charge is 0.343 e. The van der Waals surface area contributed by atoms with Crippen LogP contribution in [0.5, 0.6) is 0 Å². The molecule has 0 amide bonds. The summed E-state index contributed by atoms with van der Waals surface area (Å²) in [5, 5.41) is 7.26. The van der Waals surface area contributed by atoms with Crippen LogP contribution < -0.4 is 11.4 Å². The number of benzene rings is 1. The van der Waals surface area contributed by atoms with Crippen molar-refractivity contribution in [2.24, 2.45) is 5.73 Å². The van der Waals surface area contributed by atoms with E-state index in [1.807, 2.05) is 25.1 Å². The normalized spacial score (nSPS) is 10.9. The highest BCUT2D eigenvalue weighted by atomic mass is 79.9. The Hall–Kier alpha value is -1.05. The predicted molar refractivity (Wildman–Crippen MR) is 84.2 cm³/mol. The molecular formula is C13H17BrN4OS. The maximum Gasteiger partial charge on any atom is 0.343 e. The third-order valence-corrected chi connectivity index (χ3v) is 4.54. The molecule has 7 heteroatoms. The minimum absolute atomic E-state index is 0.159. The molecule has 0 aliphatic carbocycles. The molecule has 2 aromatic rings. The first-order chi connectivity index (χ1) is 9.65. The Morgan fingerprint density at radius 3 is 2.95 bits per heavy atom. The monoisotopic (exact) mass is 356 g/mol. The number of hydrogen-bond donors (Lipinski definition) is 2. The molecule has 1 aromatic carbocycles. The Morgan fingerprint density at radius 1 is 1.50 bits per heavy atom. The van der Waals surface area contributed by atoms with E-state index in [-0.39, 0.29) is 5.69 Å². The molecule has 0 aliphatic heterocycles. The standard InChI is InChI=1S/C13H17BrN4OS/c1-2-7-18-12(19)16-17-13(18)20-10-4-3-9(5-6-15)11(14)8-10/h3-4,8H,2,5-7,15H2,1H3,(H,16,19). The molecule has 0 atom stereocenters. The van der Waals surface area contributed by atoms with Crippen LogP contribution in [0.1, 0.15) is 18.9 Å². The predicted octanol–water partition coefficient (Wildman–Crippen LogP) is 2.40. The first kappa shape index (κ1) is 15.3. The van der Waals surface area contributed by atoms with Crippen LogP contribution in [0.3, 0.4) is 0 Å². The number of nitrogens with two attached hydrogens (primary N) is 1. The number of nitrogens with zero attached hydrogens (tertiary/aromatic N) is 2. The molecule has 0 saturated heterocycles. The van der Waals surface area contributed by atoms with Crippen LogP contribution in [0.2, 0.25) is 0 Å². The summed E-state index contributed by atoms with van der Waals surface area (Å²) in [5.41, 5.74) is 6.59. The third kappa shape index (κ3) is 3.53. The van der Waals surface area contributed by atoms with Crippen LogP contribution in [-0.2, 0) is 13.0 Å². The summed E-state index contributed by atoms with van der Waals surface area (Å²) in [6.07, 6.45) is 1.74. The Labute approximate surface area is 130 Å². The minimum atomic E-state index is -0.159. The smallest absolute Gasteiger partial charge is 0.330 e. The van der Waals surface area contributed by atoms with Gasteiger partial charge in [0, 0.05) is 15.9 Å². The summed E-state index contributed by atoms with van der Waals surface area (Å²) in [4.78, 5) is 12.7. The lowest BCUT2D eigenvalue weighted by Crippen LogP contribution is -2.17. The van der Waals surface area contributed by atoms with E-state index in [9.17, 15) is 4.79 Å². The number of H-pyrrole nitrogens is 1. The van der Waals surface area contributed by atoms with Crippen LogP contribution in [0, 0.1) is 0 Å². The molecule has 0 spiro atoms. The molecule has 0 saturated carbocycles. The van der Waals surface area contributed by atoms with Gasteiger partial charge in [0.15, 0.2) is 5.16 Å². The van der Waals surface area contributed by atoms with E-state index >= 15 is 0 Å². The molecule has 0 bridgehead atoms. The van der Waals surface area contributed by atoms with E-state index in [0.29, 0.717) is 18.2 Å². The van der Waals surface area contributed by atoms with Crippen molar-refractivity contribution in [2.45, 2.75) is 36.4 Å². The van der Waals surface area contributed by atoms with Gasteiger partial charge in [0.2, 0.25) is 0 Å². The van der Waals surface area contributed by atoms with E-state index in [1.54, 1.807) is 4.57 Å². The topological polar surface area (TPSA) is 76.7 Å². The van der Waals surface area contributed by atoms with E-state index in [2.05, 4.69) is 26.1 Å². The van der Waals surface area contributed by atoms with Gasteiger partial charge < -0.3 is 5.73 Å². The fraction of sp³-hybridized carbons (Fsp3) is 0.385. The van der Waals surface area contributed by atoms with Gasteiger partial charge in [-0.25, -0.2) is 9.89 Å². The molecule has 108 valence electrons. The van der Waals surface area contributed by atoms with Crippen LogP contribution in [0.25, 0.3) is 0 Å². The van der Waals surface area contributed by atoms with Gasteiger partial charge in [-0.15, -0.1) is 5.10 Å². The van der Waals surface area contributed by atoms with Gasteiger partial charge in [-0.2, -0.15) is 0 Å². The van der Waals surface area contributed by atoms with E-state index < -0.39 is 0 Å². The van der Waals surface area contributed by atoms with Gasteiger partial charge >= 0.3 is 5.69 Å². The van der Waals surface area contributed by atoms with Crippen LogP contribution in [0.15, 0.2) is 37.5 Å². The van der Waals surface area contributed by atoms with E-state index in [1.165, 1.54) is 17.3 Å². The Balaban J connectivity index is 2.22. The highest BCUT2D eigenvalue weighted by Gasteiger charge is 2.10. The fourth-order valence-electron chi connectivity index (χ4n) is 1.86. The van der Waals surface area contributed by atoms with Gasteiger partial charge in [0.25, 0.3) is 0 Å². The molecule has 5 nitrogen and oxygen atoms in total. The molecular weight excluding hydrogens is 340 g/mol. The first-order valence-electron chi connectivity index (χ1n) is 6.47. The van der Waals surface area contributed by atoms with Crippen LogP contribution in [-0.4, -0.2) is 21.3 Å². The second-order valence-corrected chi connectivity index (χ2v) is 6.25. The highest BCUT2D eigenvalue weighted by Crippen LogP contribution is 2.29. The van der Waals surface area contributed by atoms with Gasteiger partial charge in [-0.05, 0) is 48.8 Å². The molecule has 0 unspecified atom stereocenters. The molecule has 2 rings (SSSR count). The van der Waals surface area contributed by atoms with Crippen molar-refractivity contribution in [1.82, 2.24) is 14.8 Å². The van der Waals surface area contributed by atoms with Crippen molar-refractivity contribution >= 4 is 27.7 Å². The Morgan fingerprint density at radius 2 is 2.30 bits per heavy atom. The zero-order valence-electron chi connectivity index (χ0n) is 11.2. The van der Waals surface area contributed by atoms with Crippen molar-refractivity contribution in [3.63, 3.8) is 0 Å². The lowest BCUT2D eigenvalue weighted by molar-refractivity contribution is 0.604. The molecule has 1 aromatic heterocycles. The zero-order chi connectivity index (χ0) is 14.5. The summed E-state index contributed by atoms with van der Waals surface area (Å²) in [5.74, 6) is 0. The molecule has 3 N–H and O–H groups in total. The van der Waals surface area contributed by atoms with Crippen molar-refractivity contribution in [3.8, 4) is 0 Å². The SMILES string of the molecule is CCCn1c(Sc2ccc(CCN)c(Br)c2)n[nH]c1=O. The zero-order valence-corrected chi connectivity index (χ0v) is 13.6. The summed E-state index contributed by atoms with van der Waals surface area (Å²) >= 11 is 5.03. The molecule has 0 aliphatic rings. The Kier molecular flexibility index (Phi) is 5.45. The minimum Gasteiger partial charge on any atom is -0.330 e. The van der Waals surface area contributed by atoms with Crippen molar-refractivity contribution in [3.05, 3.63) is 38.7 Å². The fourth-order valence-corrected chi connectivity index (χ4v) is 3.49. The second kappa shape index (κ2) is 7.10. The summed E-state index contributed by atoms with van der Waals surface area (Å²) in [7, 11) is 0. The average molecular weight is 357 g/mol. The number of rotatable bonds is 6. The van der Waals surface area contributed by atoms with Gasteiger partial charge in [-0.3, -0.25) is 4.57 Å².